The summed E-state index contributed by atoms with van der Waals surface area (Å²) in [5, 5.41) is 0. The molecule has 0 aliphatic heterocycles. The minimum absolute atomic E-state index is 0.685. The van der Waals surface area contributed by atoms with Crippen LogP contribution in [0, 0.1) is 19.8 Å². The highest BCUT2D eigenvalue weighted by Gasteiger charge is 2.26. The van der Waals surface area contributed by atoms with Gasteiger partial charge in [-0.25, -0.2) is 0 Å². The molecule has 2 nitrogen and oxygen atoms in total. The topological polar surface area (TPSA) is 17.0 Å². The predicted octanol–water partition coefficient (Wildman–Crippen LogP) is 2.45. The van der Waals surface area contributed by atoms with E-state index >= 15 is 0 Å². The first kappa shape index (κ1) is 8.67. The predicted molar refractivity (Wildman–Crippen MR) is 55.5 cm³/mol. The van der Waals surface area contributed by atoms with Crippen LogP contribution < -0.4 is 5.43 Å². The van der Waals surface area contributed by atoms with Crippen molar-refractivity contribution >= 4 is 0 Å². The van der Waals surface area contributed by atoms with E-state index in [2.05, 4.69) is 43.0 Å². The standard InChI is InChI=1S/C11H18N2/c1-8-4-7-11(8)12-13-9(2)5-6-10(13)3/h5-6,8,11-12H,4,7H2,1-3H3. The fraction of sp³-hybridized carbons (Fsp3) is 0.636. The van der Waals surface area contributed by atoms with Crippen LogP contribution in [0.2, 0.25) is 0 Å². The first-order valence-corrected chi connectivity index (χ1v) is 5.10. The van der Waals surface area contributed by atoms with Crippen molar-refractivity contribution in [3.63, 3.8) is 0 Å². The number of aryl methyl sites for hydroxylation is 2. The molecule has 0 bridgehead atoms. The van der Waals surface area contributed by atoms with Crippen molar-refractivity contribution < 1.29 is 0 Å². The molecule has 0 amide bonds. The third-order valence-electron chi connectivity index (χ3n) is 3.19. The molecular formula is C11H18N2. The van der Waals surface area contributed by atoms with Crippen molar-refractivity contribution in [2.45, 2.75) is 39.7 Å². The van der Waals surface area contributed by atoms with E-state index in [4.69, 9.17) is 0 Å². The average molecular weight is 178 g/mol. The zero-order chi connectivity index (χ0) is 9.42. The van der Waals surface area contributed by atoms with Gasteiger partial charge in [-0.15, -0.1) is 0 Å². The van der Waals surface area contributed by atoms with Crippen LogP contribution in [-0.2, 0) is 0 Å². The Labute approximate surface area is 79.9 Å². The molecule has 1 saturated carbocycles. The molecule has 2 unspecified atom stereocenters. The smallest absolute Gasteiger partial charge is 0.0450 e. The van der Waals surface area contributed by atoms with Gasteiger partial charge in [0, 0.05) is 17.4 Å². The van der Waals surface area contributed by atoms with Crippen LogP contribution in [0.25, 0.3) is 0 Å². The Morgan fingerprint density at radius 3 is 2.23 bits per heavy atom. The molecule has 1 fully saturated rings. The summed E-state index contributed by atoms with van der Waals surface area (Å²) in [5.41, 5.74) is 6.17. The molecule has 2 atom stereocenters. The molecule has 1 aliphatic carbocycles. The number of hydrogen-bond donors (Lipinski definition) is 1. The molecule has 0 saturated heterocycles. The maximum Gasteiger partial charge on any atom is 0.0450 e. The lowest BCUT2D eigenvalue weighted by Crippen LogP contribution is -2.41. The van der Waals surface area contributed by atoms with Crippen molar-refractivity contribution in [3.05, 3.63) is 23.5 Å². The van der Waals surface area contributed by atoms with Crippen molar-refractivity contribution in [1.29, 1.82) is 0 Å². The van der Waals surface area contributed by atoms with Crippen molar-refractivity contribution in [3.8, 4) is 0 Å². The Balaban J connectivity index is 2.08. The van der Waals surface area contributed by atoms with Gasteiger partial charge in [0.2, 0.25) is 0 Å². The molecule has 1 N–H and O–H groups in total. The minimum Gasteiger partial charge on any atom is -0.323 e. The molecule has 1 aromatic rings. The fourth-order valence-electron chi connectivity index (χ4n) is 1.90. The van der Waals surface area contributed by atoms with Crippen LogP contribution in [0.1, 0.15) is 31.2 Å². The lowest BCUT2D eigenvalue weighted by atomic mass is 9.82. The summed E-state index contributed by atoms with van der Waals surface area (Å²) in [7, 11) is 0. The second-order valence-electron chi connectivity index (χ2n) is 4.24. The summed E-state index contributed by atoms with van der Waals surface area (Å²) in [6, 6.07) is 5.00. The van der Waals surface area contributed by atoms with Gasteiger partial charge < -0.3 is 5.43 Å². The number of nitrogens with one attached hydrogen (secondary N) is 1. The molecule has 1 aliphatic rings. The van der Waals surface area contributed by atoms with Gasteiger partial charge in [-0.3, -0.25) is 4.68 Å². The van der Waals surface area contributed by atoms with E-state index in [9.17, 15) is 0 Å². The lowest BCUT2D eigenvalue weighted by Gasteiger charge is -2.36. The quantitative estimate of drug-likeness (QED) is 0.736. The number of hydrogen-bond acceptors (Lipinski definition) is 1. The van der Waals surface area contributed by atoms with E-state index in [1.807, 2.05) is 0 Å². The maximum absolute atomic E-state index is 3.56. The van der Waals surface area contributed by atoms with Gasteiger partial charge >= 0.3 is 0 Å². The second-order valence-corrected chi connectivity index (χ2v) is 4.24. The zero-order valence-electron chi connectivity index (χ0n) is 8.67. The molecule has 0 radical (unpaired) electrons. The van der Waals surface area contributed by atoms with Gasteiger partial charge in [-0.05, 0) is 44.7 Å². The molecule has 72 valence electrons. The third-order valence-corrected chi connectivity index (χ3v) is 3.19. The van der Waals surface area contributed by atoms with E-state index in [0.29, 0.717) is 6.04 Å². The van der Waals surface area contributed by atoms with Crippen molar-refractivity contribution in [2.75, 3.05) is 5.43 Å². The Morgan fingerprint density at radius 1 is 1.23 bits per heavy atom. The first-order valence-electron chi connectivity index (χ1n) is 5.10. The molecule has 0 spiro atoms. The van der Waals surface area contributed by atoms with Gasteiger partial charge in [0.1, 0.15) is 0 Å². The van der Waals surface area contributed by atoms with Gasteiger partial charge in [0.25, 0.3) is 0 Å². The second kappa shape index (κ2) is 3.09. The fourth-order valence-corrected chi connectivity index (χ4v) is 1.90. The first-order chi connectivity index (χ1) is 6.18. The zero-order valence-corrected chi connectivity index (χ0v) is 8.67. The molecule has 1 aromatic heterocycles. The number of nitrogens with zero attached hydrogens (tertiary/aromatic N) is 1. The molecule has 2 heteroatoms. The summed E-state index contributed by atoms with van der Waals surface area (Å²) >= 11 is 0. The Morgan fingerprint density at radius 2 is 1.85 bits per heavy atom. The van der Waals surface area contributed by atoms with Gasteiger partial charge in [0.05, 0.1) is 0 Å². The van der Waals surface area contributed by atoms with Crippen LogP contribution in [0.15, 0.2) is 12.1 Å². The summed E-state index contributed by atoms with van der Waals surface area (Å²) in [6.07, 6.45) is 2.69. The van der Waals surface area contributed by atoms with E-state index in [1.165, 1.54) is 24.2 Å². The van der Waals surface area contributed by atoms with Gasteiger partial charge in [-0.2, -0.15) is 0 Å². The largest absolute Gasteiger partial charge is 0.323 e. The number of aromatic nitrogens is 1. The van der Waals surface area contributed by atoms with Crippen molar-refractivity contribution in [1.82, 2.24) is 4.68 Å². The maximum atomic E-state index is 3.56. The normalized spacial score (nSPS) is 27.0. The summed E-state index contributed by atoms with van der Waals surface area (Å²) in [6.45, 7) is 6.60. The Bertz CT molecular complexity index is 282. The minimum atomic E-state index is 0.685. The summed E-state index contributed by atoms with van der Waals surface area (Å²) in [5.74, 6) is 0.834. The Hall–Kier alpha value is -0.920. The van der Waals surface area contributed by atoms with Crippen LogP contribution in [0.4, 0.5) is 0 Å². The van der Waals surface area contributed by atoms with Crippen LogP contribution in [-0.4, -0.2) is 10.7 Å². The summed E-state index contributed by atoms with van der Waals surface area (Å²) in [4.78, 5) is 0. The van der Waals surface area contributed by atoms with E-state index in [1.54, 1.807) is 0 Å². The molecule has 13 heavy (non-hydrogen) atoms. The highest BCUT2D eigenvalue weighted by atomic mass is 15.4. The van der Waals surface area contributed by atoms with Crippen LogP contribution in [0.5, 0.6) is 0 Å². The van der Waals surface area contributed by atoms with Gasteiger partial charge in [0.15, 0.2) is 0 Å². The van der Waals surface area contributed by atoms with Crippen molar-refractivity contribution in [2.24, 2.45) is 5.92 Å². The third kappa shape index (κ3) is 1.45. The lowest BCUT2D eigenvalue weighted by molar-refractivity contribution is 0.284. The van der Waals surface area contributed by atoms with Gasteiger partial charge in [-0.1, -0.05) is 6.92 Å². The van der Waals surface area contributed by atoms with Crippen LogP contribution >= 0.6 is 0 Å². The van der Waals surface area contributed by atoms with E-state index in [-0.39, 0.29) is 0 Å². The molecule has 2 rings (SSSR count). The highest BCUT2D eigenvalue weighted by Crippen LogP contribution is 2.27. The molecule has 0 aromatic carbocycles. The number of rotatable bonds is 2. The Kier molecular flexibility index (Phi) is 2.06. The monoisotopic (exact) mass is 178 g/mol. The van der Waals surface area contributed by atoms with E-state index in [0.717, 1.165) is 5.92 Å². The molecule has 1 heterocycles. The molecular weight excluding hydrogens is 160 g/mol. The summed E-state index contributed by atoms with van der Waals surface area (Å²) < 4.78 is 2.21. The van der Waals surface area contributed by atoms with Crippen LogP contribution in [0.3, 0.4) is 0 Å². The highest BCUT2D eigenvalue weighted by molar-refractivity contribution is 5.16. The SMILES string of the molecule is Cc1ccc(C)n1NC1CCC1C. The van der Waals surface area contributed by atoms with E-state index < -0.39 is 0 Å². The average Bonchev–Trinajstić information content (AvgIpc) is 2.41.